The number of fused-ring (bicyclic) bond motifs is 1. The normalized spacial score (nSPS) is 11.4. The Bertz CT molecular complexity index is 531. The van der Waals surface area contributed by atoms with Crippen molar-refractivity contribution in [1.82, 2.24) is 9.55 Å². The third-order valence-electron chi connectivity index (χ3n) is 2.34. The molecule has 1 N–H and O–H groups in total. The van der Waals surface area contributed by atoms with Crippen LogP contribution in [0.5, 0.6) is 0 Å². The Morgan fingerprint density at radius 2 is 1.88 bits per heavy atom. The number of benzene rings is 1. The molecular weight excluding hydrogens is 245 g/mol. The highest BCUT2D eigenvalue weighted by Crippen LogP contribution is 2.29. The molecule has 2 rings (SSSR count). The van der Waals surface area contributed by atoms with Gasteiger partial charge in [0.15, 0.2) is 0 Å². The summed E-state index contributed by atoms with van der Waals surface area (Å²) in [6.07, 6.45) is 0. The lowest BCUT2D eigenvalue weighted by atomic mass is 10.3. The molecule has 1 aromatic heterocycles. The summed E-state index contributed by atoms with van der Waals surface area (Å²) in [5.41, 5.74) is 1.82. The summed E-state index contributed by atoms with van der Waals surface area (Å²) >= 11 is 11.9. The van der Waals surface area contributed by atoms with Gasteiger partial charge in [-0.25, -0.2) is 4.98 Å². The van der Waals surface area contributed by atoms with Crippen LogP contribution in [0.15, 0.2) is 12.1 Å². The summed E-state index contributed by atoms with van der Waals surface area (Å²) in [6.45, 7) is 4.14. The SMILES string of the molecule is CC(C)Nc1nc2cc(Cl)c(Cl)cc2n1C. The van der Waals surface area contributed by atoms with Crippen molar-refractivity contribution in [2.45, 2.75) is 19.9 Å². The number of anilines is 1. The van der Waals surface area contributed by atoms with Crippen LogP contribution in [0.2, 0.25) is 10.0 Å². The minimum Gasteiger partial charge on any atom is -0.353 e. The maximum Gasteiger partial charge on any atom is 0.203 e. The number of hydrogen-bond acceptors (Lipinski definition) is 2. The van der Waals surface area contributed by atoms with E-state index in [0.717, 1.165) is 17.0 Å². The van der Waals surface area contributed by atoms with Crippen molar-refractivity contribution >= 4 is 40.2 Å². The number of hydrogen-bond donors (Lipinski definition) is 1. The third kappa shape index (κ3) is 1.97. The van der Waals surface area contributed by atoms with Crippen molar-refractivity contribution in [1.29, 1.82) is 0 Å². The molecule has 0 spiro atoms. The molecule has 0 aliphatic rings. The van der Waals surface area contributed by atoms with E-state index >= 15 is 0 Å². The molecule has 0 saturated heterocycles. The fourth-order valence-electron chi connectivity index (χ4n) is 1.57. The van der Waals surface area contributed by atoms with Gasteiger partial charge in [-0.2, -0.15) is 0 Å². The molecule has 0 fully saturated rings. The van der Waals surface area contributed by atoms with E-state index in [1.54, 1.807) is 6.07 Å². The van der Waals surface area contributed by atoms with Crippen molar-refractivity contribution in [2.75, 3.05) is 5.32 Å². The Morgan fingerprint density at radius 1 is 1.25 bits per heavy atom. The molecule has 1 aromatic carbocycles. The van der Waals surface area contributed by atoms with E-state index in [2.05, 4.69) is 24.1 Å². The summed E-state index contributed by atoms with van der Waals surface area (Å²) in [5, 5.41) is 4.35. The van der Waals surface area contributed by atoms with Crippen LogP contribution in [0.1, 0.15) is 13.8 Å². The van der Waals surface area contributed by atoms with E-state index in [1.165, 1.54) is 0 Å². The van der Waals surface area contributed by atoms with Crippen molar-refractivity contribution < 1.29 is 0 Å². The quantitative estimate of drug-likeness (QED) is 0.890. The van der Waals surface area contributed by atoms with Crippen molar-refractivity contribution in [3.63, 3.8) is 0 Å². The molecule has 0 aliphatic carbocycles. The van der Waals surface area contributed by atoms with Crippen LogP contribution in [-0.2, 0) is 7.05 Å². The van der Waals surface area contributed by atoms with Gasteiger partial charge in [0.05, 0.1) is 21.1 Å². The van der Waals surface area contributed by atoms with E-state index in [-0.39, 0.29) is 0 Å². The van der Waals surface area contributed by atoms with Crippen molar-refractivity contribution in [3.05, 3.63) is 22.2 Å². The minimum absolute atomic E-state index is 0.335. The monoisotopic (exact) mass is 257 g/mol. The molecular formula is C11H13Cl2N3. The second-order valence-electron chi connectivity index (χ2n) is 4.05. The second kappa shape index (κ2) is 4.15. The Balaban J connectivity index is 2.59. The zero-order valence-corrected chi connectivity index (χ0v) is 10.9. The summed E-state index contributed by atoms with van der Waals surface area (Å²) in [5.74, 6) is 0.823. The highest BCUT2D eigenvalue weighted by atomic mass is 35.5. The maximum absolute atomic E-state index is 5.98. The second-order valence-corrected chi connectivity index (χ2v) is 4.86. The van der Waals surface area contributed by atoms with Crippen molar-refractivity contribution in [2.24, 2.45) is 7.05 Å². The first-order valence-corrected chi connectivity index (χ1v) is 5.82. The molecule has 5 heteroatoms. The van der Waals surface area contributed by atoms with Gasteiger partial charge in [0.2, 0.25) is 5.95 Å². The topological polar surface area (TPSA) is 29.9 Å². The molecule has 16 heavy (non-hydrogen) atoms. The number of halogens is 2. The van der Waals surface area contributed by atoms with Crippen molar-refractivity contribution in [3.8, 4) is 0 Å². The van der Waals surface area contributed by atoms with Crippen LogP contribution in [0.25, 0.3) is 11.0 Å². The fourth-order valence-corrected chi connectivity index (χ4v) is 1.89. The van der Waals surface area contributed by atoms with Gasteiger partial charge in [-0.1, -0.05) is 23.2 Å². The molecule has 0 unspecified atom stereocenters. The van der Waals surface area contributed by atoms with Gasteiger partial charge < -0.3 is 9.88 Å². The molecule has 3 nitrogen and oxygen atoms in total. The molecule has 0 bridgehead atoms. The standard InChI is InChI=1S/C11H13Cl2N3/c1-6(2)14-11-15-9-4-7(12)8(13)5-10(9)16(11)3/h4-6H,1-3H3,(H,14,15). The highest BCUT2D eigenvalue weighted by molar-refractivity contribution is 6.42. The predicted octanol–water partition coefficient (Wildman–Crippen LogP) is 3.70. The molecule has 86 valence electrons. The minimum atomic E-state index is 0.335. The van der Waals surface area contributed by atoms with Crippen LogP contribution in [0.4, 0.5) is 5.95 Å². The number of imidazole rings is 1. The molecule has 0 aliphatic heterocycles. The molecule has 0 atom stereocenters. The first-order valence-electron chi connectivity index (χ1n) is 5.07. The zero-order chi connectivity index (χ0) is 11.9. The van der Waals surface area contributed by atoms with Crippen LogP contribution in [0.3, 0.4) is 0 Å². The number of aromatic nitrogens is 2. The van der Waals surface area contributed by atoms with Gasteiger partial charge in [0.25, 0.3) is 0 Å². The first kappa shape index (κ1) is 11.6. The molecule has 2 aromatic rings. The van der Waals surface area contributed by atoms with E-state index in [1.807, 2.05) is 17.7 Å². The lowest BCUT2D eigenvalue weighted by Gasteiger charge is -2.08. The Hall–Kier alpha value is -0.930. The van der Waals surface area contributed by atoms with Gasteiger partial charge in [0.1, 0.15) is 0 Å². The molecule has 0 saturated carbocycles. The number of nitrogens with zero attached hydrogens (tertiary/aromatic N) is 2. The largest absolute Gasteiger partial charge is 0.353 e. The Labute approximate surface area is 104 Å². The van der Waals surface area contributed by atoms with Crippen LogP contribution in [0, 0.1) is 0 Å². The van der Waals surface area contributed by atoms with E-state index in [9.17, 15) is 0 Å². The van der Waals surface area contributed by atoms with Gasteiger partial charge >= 0.3 is 0 Å². The summed E-state index contributed by atoms with van der Waals surface area (Å²) in [6, 6.07) is 3.95. The van der Waals surface area contributed by atoms with E-state index in [0.29, 0.717) is 16.1 Å². The predicted molar refractivity (Wildman–Crippen MR) is 69.5 cm³/mol. The number of nitrogens with one attached hydrogen (secondary N) is 1. The van der Waals surface area contributed by atoms with E-state index in [4.69, 9.17) is 23.2 Å². The van der Waals surface area contributed by atoms with Gasteiger partial charge in [-0.3, -0.25) is 0 Å². The lowest BCUT2D eigenvalue weighted by molar-refractivity contribution is 0.843. The summed E-state index contributed by atoms with van der Waals surface area (Å²) in [4.78, 5) is 4.46. The van der Waals surface area contributed by atoms with Crippen LogP contribution in [-0.4, -0.2) is 15.6 Å². The Kier molecular flexibility index (Phi) is 3.00. The highest BCUT2D eigenvalue weighted by Gasteiger charge is 2.10. The molecule has 1 heterocycles. The Morgan fingerprint density at radius 3 is 2.50 bits per heavy atom. The van der Waals surface area contributed by atoms with E-state index < -0.39 is 0 Å². The van der Waals surface area contributed by atoms with Gasteiger partial charge in [-0.05, 0) is 26.0 Å². The average Bonchev–Trinajstić information content (AvgIpc) is 2.45. The molecule has 0 amide bonds. The molecule has 0 radical (unpaired) electrons. The smallest absolute Gasteiger partial charge is 0.203 e. The average molecular weight is 258 g/mol. The third-order valence-corrected chi connectivity index (χ3v) is 3.06. The van der Waals surface area contributed by atoms with Crippen LogP contribution >= 0.6 is 23.2 Å². The maximum atomic E-state index is 5.98. The first-order chi connectivity index (χ1) is 7.49. The van der Waals surface area contributed by atoms with Gasteiger partial charge in [0, 0.05) is 13.1 Å². The fraction of sp³-hybridized carbons (Fsp3) is 0.364. The number of aryl methyl sites for hydroxylation is 1. The van der Waals surface area contributed by atoms with Crippen LogP contribution < -0.4 is 5.32 Å². The summed E-state index contributed by atoms with van der Waals surface area (Å²) < 4.78 is 1.97. The van der Waals surface area contributed by atoms with Gasteiger partial charge in [-0.15, -0.1) is 0 Å². The lowest BCUT2D eigenvalue weighted by Crippen LogP contribution is -2.13. The zero-order valence-electron chi connectivity index (χ0n) is 9.38. The summed E-state index contributed by atoms with van der Waals surface area (Å²) in [7, 11) is 1.95. The number of rotatable bonds is 2.